The van der Waals surface area contributed by atoms with Crippen LogP contribution in [0.2, 0.25) is 0 Å². The smallest absolute Gasteiger partial charge is 0.184 e. The van der Waals surface area contributed by atoms with Gasteiger partial charge in [-0.3, -0.25) is 0 Å². The molecule has 1 nitrogen and oxygen atoms in total. The Balaban J connectivity index is -0.000000156. The summed E-state index contributed by atoms with van der Waals surface area (Å²) in [5, 5.41) is 2.03. The molecule has 1 aromatic rings. The second-order valence-corrected chi connectivity index (χ2v) is 18.5. The van der Waals surface area contributed by atoms with Gasteiger partial charge in [0.15, 0.2) is 0 Å². The van der Waals surface area contributed by atoms with E-state index in [2.05, 4.69) is 109 Å². The molecule has 0 fully saturated rings. The van der Waals surface area contributed by atoms with Crippen LogP contribution < -0.4 is 0 Å². The number of benzene rings is 1. The van der Waals surface area contributed by atoms with Gasteiger partial charge in [-0.2, -0.15) is 36.4 Å². The van der Waals surface area contributed by atoms with Gasteiger partial charge < -0.3 is 0 Å². The second kappa shape index (κ2) is 16.1. The van der Waals surface area contributed by atoms with Crippen LogP contribution >= 0.6 is 15.8 Å². The molecule has 1 aromatic carbocycles. The molecule has 1 radical (unpaired) electrons. The van der Waals surface area contributed by atoms with Crippen molar-refractivity contribution in [3.8, 4) is 0 Å². The van der Waals surface area contributed by atoms with E-state index in [1.165, 1.54) is 0 Å². The minimum Gasteiger partial charge on any atom is -0.184 e. The van der Waals surface area contributed by atoms with Gasteiger partial charge in [0.2, 0.25) is 0 Å². The third-order valence-electron chi connectivity index (χ3n) is 4.63. The van der Waals surface area contributed by atoms with Crippen molar-refractivity contribution in [2.24, 2.45) is 0 Å². The Labute approximate surface area is 199 Å². The van der Waals surface area contributed by atoms with Crippen LogP contribution in [0, 0.1) is 12.7 Å². The summed E-state index contributed by atoms with van der Waals surface area (Å²) in [6.07, 6.45) is 0. The van der Waals surface area contributed by atoms with Crippen molar-refractivity contribution in [1.29, 1.82) is 0 Å². The molecule has 29 heavy (non-hydrogen) atoms. The quantitative estimate of drug-likeness (QED) is 0.139. The molecule has 0 spiro atoms. The first-order valence-electron chi connectivity index (χ1n) is 9.90. The molecule has 0 aromatic heterocycles. The van der Waals surface area contributed by atoms with E-state index in [-0.39, 0.29) is 35.3 Å². The van der Waals surface area contributed by atoms with Gasteiger partial charge in [0.1, 0.15) is 0 Å². The number of hydrogen-bond acceptors (Lipinski definition) is 0. The van der Waals surface area contributed by atoms with Crippen molar-refractivity contribution in [2.75, 3.05) is 13.3 Å². The van der Waals surface area contributed by atoms with E-state index >= 15 is 0 Å². The minimum atomic E-state index is 0. The molecular weight excluding hydrogens is 479 g/mol. The SMILES string of the molecule is CP(C(C)(C)C)C(C)(C)C.CP(C(C)(C)C)C(C)(C)C.[C-]#[O+].[Ru+].[c-]1ccccc1. The van der Waals surface area contributed by atoms with E-state index in [9.17, 15) is 0 Å². The maximum atomic E-state index is 7.50. The molecule has 0 bridgehead atoms. The Hall–Kier alpha value is 0.443. The van der Waals surface area contributed by atoms with Crippen LogP contribution in [0.5, 0.6) is 0 Å². The van der Waals surface area contributed by atoms with E-state index in [4.69, 9.17) is 4.65 Å². The van der Waals surface area contributed by atoms with Crippen LogP contribution in [0.1, 0.15) is 83.1 Å². The van der Waals surface area contributed by atoms with Crippen molar-refractivity contribution >= 4 is 15.8 Å². The molecule has 0 aliphatic rings. The molecule has 0 saturated carbocycles. The predicted octanol–water partition coefficient (Wildman–Crippen LogP) is 8.84. The summed E-state index contributed by atoms with van der Waals surface area (Å²) < 4.78 is 7.50. The maximum Gasteiger partial charge on any atom is 1.00 e. The van der Waals surface area contributed by atoms with Gasteiger partial charge in [0.05, 0.1) is 0 Å². The third kappa shape index (κ3) is 21.5. The van der Waals surface area contributed by atoms with Gasteiger partial charge in [-0.05, 0) is 34.0 Å². The largest absolute Gasteiger partial charge is 1.00 e. The van der Waals surface area contributed by atoms with E-state index in [1.807, 2.05) is 30.3 Å². The molecule has 0 amide bonds. The predicted molar refractivity (Wildman–Crippen MR) is 134 cm³/mol. The summed E-state index contributed by atoms with van der Waals surface area (Å²) >= 11 is 0. The van der Waals surface area contributed by atoms with Crippen LogP contribution in [0.15, 0.2) is 30.3 Å². The molecular formula is C25H47OP2Ru. The summed E-state index contributed by atoms with van der Waals surface area (Å²) in [6.45, 7) is 37.3. The van der Waals surface area contributed by atoms with E-state index < -0.39 is 0 Å². The summed E-state index contributed by atoms with van der Waals surface area (Å²) in [5.41, 5.74) is 0. The Morgan fingerprint density at radius 2 is 0.759 bits per heavy atom. The molecule has 0 aliphatic carbocycles. The zero-order valence-corrected chi connectivity index (χ0v) is 25.1. The summed E-state index contributed by atoms with van der Waals surface area (Å²) in [6, 6.07) is 12.5. The topological polar surface area (TPSA) is 19.9 Å². The van der Waals surface area contributed by atoms with Gasteiger partial charge in [-0.1, -0.05) is 98.9 Å². The molecule has 0 atom stereocenters. The fourth-order valence-electron chi connectivity index (χ4n) is 2.35. The second-order valence-electron chi connectivity index (χ2n) is 10.9. The fraction of sp³-hybridized carbons (Fsp3) is 0.720. The third-order valence-corrected chi connectivity index (χ3v) is 12.7. The molecule has 0 aliphatic heterocycles. The summed E-state index contributed by atoms with van der Waals surface area (Å²) in [5.74, 6) is 0. The van der Waals surface area contributed by atoms with Gasteiger partial charge in [-0.15, -0.1) is 0 Å². The standard InChI is InChI=1S/2C9H21P.C6H5.CO.Ru/c2*1-8(2,3)10(7)9(4,5)6;1-2-4-6-5-3-1;1-2;/h2*1-7H3;1-5H;;/q;;-1;;+1. The van der Waals surface area contributed by atoms with Crippen molar-refractivity contribution < 1.29 is 24.1 Å². The monoisotopic (exact) mass is 527 g/mol. The summed E-state index contributed by atoms with van der Waals surface area (Å²) in [4.78, 5) is 0. The number of rotatable bonds is 0. The maximum absolute atomic E-state index is 7.50. The Morgan fingerprint density at radius 1 is 0.552 bits per heavy atom. The van der Waals surface area contributed by atoms with Crippen LogP contribution in [-0.4, -0.2) is 34.0 Å². The Kier molecular flexibility index (Phi) is 20.5. The Bertz CT molecular complexity index is 415. The van der Waals surface area contributed by atoms with Crippen LogP contribution in [0.4, 0.5) is 0 Å². The van der Waals surface area contributed by atoms with Crippen LogP contribution in [0.25, 0.3) is 0 Å². The van der Waals surface area contributed by atoms with Crippen molar-refractivity contribution in [3.05, 3.63) is 43.0 Å². The van der Waals surface area contributed by atoms with E-state index in [1.54, 1.807) is 0 Å². The zero-order chi connectivity index (χ0) is 23.4. The molecule has 0 saturated heterocycles. The average Bonchev–Trinajstić information content (AvgIpc) is 2.55. The summed E-state index contributed by atoms with van der Waals surface area (Å²) in [7, 11) is 0.275. The van der Waals surface area contributed by atoms with Crippen LogP contribution in [-0.2, 0) is 24.1 Å². The molecule has 0 unspecified atom stereocenters. The molecule has 0 N–H and O–H groups in total. The fourth-order valence-corrected chi connectivity index (χ4v) is 6.38. The normalized spacial score (nSPS) is 11.7. The van der Waals surface area contributed by atoms with Crippen molar-refractivity contribution in [1.82, 2.24) is 0 Å². The van der Waals surface area contributed by atoms with Crippen LogP contribution in [0.3, 0.4) is 0 Å². The molecule has 4 heteroatoms. The minimum absolute atomic E-state index is 0. The van der Waals surface area contributed by atoms with Gasteiger partial charge in [0, 0.05) is 0 Å². The van der Waals surface area contributed by atoms with E-state index in [0.717, 1.165) is 0 Å². The average molecular weight is 527 g/mol. The first-order valence-corrected chi connectivity index (χ1v) is 13.5. The molecule has 1 rings (SSSR count). The van der Waals surface area contributed by atoms with Gasteiger partial charge in [0.25, 0.3) is 0 Å². The molecule has 171 valence electrons. The zero-order valence-electron chi connectivity index (χ0n) is 21.5. The van der Waals surface area contributed by atoms with Crippen molar-refractivity contribution in [2.45, 2.75) is 104 Å². The number of hydrogen-bond donors (Lipinski definition) is 0. The van der Waals surface area contributed by atoms with Gasteiger partial charge >= 0.3 is 30.8 Å². The first kappa shape index (κ1) is 36.8. The van der Waals surface area contributed by atoms with Gasteiger partial charge in [-0.25, -0.2) is 0 Å². The first-order chi connectivity index (χ1) is 12.3. The van der Waals surface area contributed by atoms with Crippen molar-refractivity contribution in [3.63, 3.8) is 0 Å². The van der Waals surface area contributed by atoms with E-state index in [0.29, 0.717) is 20.6 Å². The molecule has 0 heterocycles. The Morgan fingerprint density at radius 3 is 0.793 bits per heavy atom.